The third kappa shape index (κ3) is 3.41. The van der Waals surface area contributed by atoms with E-state index < -0.39 is 0 Å². The van der Waals surface area contributed by atoms with Crippen LogP contribution in [0.5, 0.6) is 0 Å². The molecule has 0 saturated heterocycles. The van der Waals surface area contributed by atoms with E-state index in [1.807, 2.05) is 11.8 Å². The highest BCUT2D eigenvalue weighted by atomic mass is 32.2. The van der Waals surface area contributed by atoms with Gasteiger partial charge in [-0.15, -0.1) is 0 Å². The van der Waals surface area contributed by atoms with Crippen molar-refractivity contribution in [1.82, 2.24) is 5.32 Å². The van der Waals surface area contributed by atoms with Gasteiger partial charge in [0.15, 0.2) is 5.17 Å². The van der Waals surface area contributed by atoms with Crippen molar-refractivity contribution in [2.24, 2.45) is 16.8 Å². The molecule has 0 spiro atoms. The molecule has 3 unspecified atom stereocenters. The van der Waals surface area contributed by atoms with Gasteiger partial charge < -0.3 is 5.32 Å². The molecule has 1 aliphatic heterocycles. The third-order valence-corrected chi connectivity index (χ3v) is 4.49. The number of rotatable bonds is 5. The molecule has 1 fully saturated rings. The van der Waals surface area contributed by atoms with E-state index in [1.165, 1.54) is 30.9 Å². The van der Waals surface area contributed by atoms with E-state index >= 15 is 0 Å². The average molecular weight is 240 g/mol. The lowest BCUT2D eigenvalue weighted by atomic mass is 10.1. The number of aliphatic imine (C=N–C) groups is 1. The zero-order valence-electron chi connectivity index (χ0n) is 10.7. The molecule has 3 atom stereocenters. The lowest BCUT2D eigenvalue weighted by Gasteiger charge is -2.11. The Balaban J connectivity index is 1.66. The maximum atomic E-state index is 4.61. The normalized spacial score (nSPS) is 33.0. The molecule has 2 rings (SSSR count). The first kappa shape index (κ1) is 12.3. The molecule has 2 aliphatic rings. The Labute approximate surface area is 104 Å². The van der Waals surface area contributed by atoms with Crippen molar-refractivity contribution in [3.63, 3.8) is 0 Å². The average Bonchev–Trinajstić information content (AvgIpc) is 2.76. The van der Waals surface area contributed by atoms with E-state index in [-0.39, 0.29) is 0 Å². The second kappa shape index (κ2) is 5.44. The maximum absolute atomic E-state index is 4.61. The quantitative estimate of drug-likeness (QED) is 0.797. The molecule has 0 aromatic heterocycles. The number of nitrogens with one attached hydrogen (secondary N) is 1. The number of thioether (sulfide) groups is 1. The second-order valence-corrected chi connectivity index (χ2v) is 6.84. The van der Waals surface area contributed by atoms with Crippen molar-refractivity contribution in [3.05, 3.63) is 0 Å². The van der Waals surface area contributed by atoms with E-state index in [4.69, 9.17) is 0 Å². The van der Waals surface area contributed by atoms with Crippen LogP contribution in [0, 0.1) is 11.8 Å². The van der Waals surface area contributed by atoms with Gasteiger partial charge in [0, 0.05) is 11.3 Å². The van der Waals surface area contributed by atoms with Crippen LogP contribution >= 0.6 is 11.8 Å². The summed E-state index contributed by atoms with van der Waals surface area (Å²) in [6.45, 7) is 7.89. The molecule has 1 N–H and O–H groups in total. The first-order chi connectivity index (χ1) is 7.69. The van der Waals surface area contributed by atoms with Crippen LogP contribution < -0.4 is 5.32 Å². The lowest BCUT2D eigenvalue weighted by molar-refractivity contribution is 0.575. The number of amidine groups is 1. The minimum atomic E-state index is 0.728. The molecule has 0 aromatic carbocycles. The van der Waals surface area contributed by atoms with Crippen LogP contribution in [0.1, 0.15) is 46.5 Å². The lowest BCUT2D eigenvalue weighted by Crippen LogP contribution is -2.23. The SMILES string of the molecule is CCCC1CC1NC1=NCC(CC(C)C)S1. The summed E-state index contributed by atoms with van der Waals surface area (Å²) in [6, 6.07) is 0.740. The summed E-state index contributed by atoms with van der Waals surface area (Å²) in [5, 5.41) is 5.55. The fourth-order valence-corrected chi connectivity index (χ4v) is 3.73. The summed E-state index contributed by atoms with van der Waals surface area (Å²) in [5.41, 5.74) is 0. The van der Waals surface area contributed by atoms with Crippen LogP contribution in [-0.4, -0.2) is 23.0 Å². The smallest absolute Gasteiger partial charge is 0.157 e. The fraction of sp³-hybridized carbons (Fsp3) is 0.923. The first-order valence-corrected chi connectivity index (χ1v) is 7.54. The van der Waals surface area contributed by atoms with Crippen LogP contribution in [0.3, 0.4) is 0 Å². The Morgan fingerprint density at radius 3 is 3.00 bits per heavy atom. The van der Waals surface area contributed by atoms with Gasteiger partial charge in [-0.1, -0.05) is 39.0 Å². The molecule has 16 heavy (non-hydrogen) atoms. The summed E-state index contributed by atoms with van der Waals surface area (Å²) in [4.78, 5) is 4.61. The molecule has 1 saturated carbocycles. The van der Waals surface area contributed by atoms with Crippen LogP contribution in [-0.2, 0) is 0 Å². The molecule has 92 valence electrons. The van der Waals surface area contributed by atoms with Gasteiger partial charge >= 0.3 is 0 Å². The molecule has 1 heterocycles. The molecule has 0 aromatic rings. The minimum Gasteiger partial charge on any atom is -0.362 e. The van der Waals surface area contributed by atoms with Gasteiger partial charge in [0.2, 0.25) is 0 Å². The Bertz CT molecular complexity index is 263. The molecular weight excluding hydrogens is 216 g/mol. The number of nitrogens with zero attached hydrogens (tertiary/aromatic N) is 1. The van der Waals surface area contributed by atoms with Gasteiger partial charge in [0.1, 0.15) is 0 Å². The Morgan fingerprint density at radius 2 is 2.31 bits per heavy atom. The van der Waals surface area contributed by atoms with Gasteiger partial charge in [-0.3, -0.25) is 4.99 Å². The van der Waals surface area contributed by atoms with Crippen LogP contribution in [0.2, 0.25) is 0 Å². The van der Waals surface area contributed by atoms with Crippen molar-refractivity contribution < 1.29 is 0 Å². The summed E-state index contributed by atoms with van der Waals surface area (Å²) in [5.74, 6) is 1.72. The zero-order chi connectivity index (χ0) is 11.5. The van der Waals surface area contributed by atoms with E-state index in [9.17, 15) is 0 Å². The van der Waals surface area contributed by atoms with Crippen molar-refractivity contribution in [3.8, 4) is 0 Å². The summed E-state index contributed by atoms with van der Waals surface area (Å²) >= 11 is 1.97. The van der Waals surface area contributed by atoms with E-state index in [1.54, 1.807) is 0 Å². The van der Waals surface area contributed by atoms with E-state index in [0.717, 1.165) is 29.7 Å². The monoisotopic (exact) mass is 240 g/mol. The van der Waals surface area contributed by atoms with E-state index in [2.05, 4.69) is 31.1 Å². The standard InChI is InChI=1S/C13H24N2S/c1-4-5-10-7-12(10)15-13-14-8-11(16-13)6-9(2)3/h9-12H,4-8H2,1-3H3,(H,14,15). The third-order valence-electron chi connectivity index (χ3n) is 3.34. The largest absolute Gasteiger partial charge is 0.362 e. The first-order valence-electron chi connectivity index (χ1n) is 6.66. The predicted octanol–water partition coefficient (Wildman–Crippen LogP) is 3.28. The van der Waals surface area contributed by atoms with Gasteiger partial charge in [-0.05, 0) is 31.1 Å². The highest BCUT2D eigenvalue weighted by Gasteiger charge is 2.37. The Hall–Kier alpha value is -0.180. The van der Waals surface area contributed by atoms with Crippen LogP contribution in [0.15, 0.2) is 4.99 Å². The molecule has 0 bridgehead atoms. The van der Waals surface area contributed by atoms with Crippen molar-refractivity contribution >= 4 is 16.9 Å². The number of hydrogen-bond donors (Lipinski definition) is 1. The predicted molar refractivity (Wildman–Crippen MR) is 73.1 cm³/mol. The van der Waals surface area contributed by atoms with Crippen LogP contribution in [0.25, 0.3) is 0 Å². The van der Waals surface area contributed by atoms with Crippen molar-refractivity contribution in [1.29, 1.82) is 0 Å². The summed E-state index contributed by atoms with van der Waals surface area (Å²) < 4.78 is 0. The Kier molecular flexibility index (Phi) is 4.17. The van der Waals surface area contributed by atoms with Gasteiger partial charge in [-0.25, -0.2) is 0 Å². The van der Waals surface area contributed by atoms with Crippen molar-refractivity contribution in [2.75, 3.05) is 6.54 Å². The summed E-state index contributed by atoms with van der Waals surface area (Å²) in [7, 11) is 0. The highest BCUT2D eigenvalue weighted by Crippen LogP contribution is 2.36. The Morgan fingerprint density at radius 1 is 1.50 bits per heavy atom. The molecule has 0 radical (unpaired) electrons. The molecule has 2 nitrogen and oxygen atoms in total. The number of hydrogen-bond acceptors (Lipinski definition) is 3. The zero-order valence-corrected chi connectivity index (χ0v) is 11.5. The maximum Gasteiger partial charge on any atom is 0.157 e. The molecule has 1 aliphatic carbocycles. The highest BCUT2D eigenvalue weighted by molar-refractivity contribution is 8.14. The molecular formula is C13H24N2S. The van der Waals surface area contributed by atoms with E-state index in [0.29, 0.717) is 0 Å². The van der Waals surface area contributed by atoms with Gasteiger partial charge in [0.05, 0.1) is 6.54 Å². The fourth-order valence-electron chi connectivity index (χ4n) is 2.42. The van der Waals surface area contributed by atoms with Crippen molar-refractivity contribution in [2.45, 2.75) is 57.7 Å². The second-order valence-electron chi connectivity index (χ2n) is 5.55. The minimum absolute atomic E-state index is 0.728. The van der Waals surface area contributed by atoms with Gasteiger partial charge in [-0.2, -0.15) is 0 Å². The van der Waals surface area contributed by atoms with Gasteiger partial charge in [0.25, 0.3) is 0 Å². The van der Waals surface area contributed by atoms with Crippen LogP contribution in [0.4, 0.5) is 0 Å². The topological polar surface area (TPSA) is 24.4 Å². The molecule has 0 amide bonds. The summed E-state index contributed by atoms with van der Waals surface area (Å²) in [6.07, 6.45) is 5.36. The molecule has 3 heteroatoms.